The third-order valence-electron chi connectivity index (χ3n) is 8.44. The lowest BCUT2D eigenvalue weighted by atomic mass is 10.0. The van der Waals surface area contributed by atoms with E-state index in [0.717, 1.165) is 65.3 Å². The molecule has 3 aromatic carbocycles. The molecule has 2 N–H and O–H groups in total. The van der Waals surface area contributed by atoms with Crippen LogP contribution in [0.4, 0.5) is 22.7 Å². The minimum Gasteiger partial charge on any atom is -0.493 e. The maximum atomic E-state index is 13.3. The predicted octanol–water partition coefficient (Wildman–Crippen LogP) is 5.52. The second-order valence-electron chi connectivity index (χ2n) is 11.7. The molecular weight excluding hydrogens is 602 g/mol. The molecule has 0 unspecified atom stereocenters. The van der Waals surface area contributed by atoms with E-state index in [9.17, 15) is 13.2 Å². The van der Waals surface area contributed by atoms with Gasteiger partial charge in [-0.2, -0.15) is 0 Å². The maximum Gasteiger partial charge on any atom is 0.257 e. The van der Waals surface area contributed by atoms with Crippen LogP contribution in [-0.2, 0) is 27.5 Å². The van der Waals surface area contributed by atoms with Crippen LogP contribution in [-0.4, -0.2) is 68.8 Å². The van der Waals surface area contributed by atoms with Gasteiger partial charge < -0.3 is 29.6 Å². The molecule has 46 heavy (non-hydrogen) atoms. The van der Waals surface area contributed by atoms with Crippen LogP contribution in [0.5, 0.6) is 5.75 Å². The van der Waals surface area contributed by atoms with Crippen LogP contribution in [0.2, 0.25) is 0 Å². The van der Waals surface area contributed by atoms with Crippen LogP contribution in [0.1, 0.15) is 15.9 Å². The average molecular weight is 638 g/mol. The summed E-state index contributed by atoms with van der Waals surface area (Å²) in [5, 5.41) is 7.48. The van der Waals surface area contributed by atoms with Gasteiger partial charge in [0.15, 0.2) is 0 Å². The van der Waals surface area contributed by atoms with Crippen LogP contribution in [0.15, 0.2) is 85.3 Å². The smallest absolute Gasteiger partial charge is 0.257 e. The molecule has 1 saturated heterocycles. The number of rotatable bonds is 9. The number of sulfone groups is 1. The van der Waals surface area contributed by atoms with Crippen LogP contribution in [0.3, 0.4) is 0 Å². The fraction of sp³-hybridized carbons (Fsp3) is 0.257. The van der Waals surface area contributed by atoms with Crippen LogP contribution in [0.25, 0.3) is 22.0 Å². The summed E-state index contributed by atoms with van der Waals surface area (Å²) in [5.41, 5.74) is 7.65. The van der Waals surface area contributed by atoms with Crippen molar-refractivity contribution in [1.82, 2.24) is 9.55 Å². The fourth-order valence-corrected chi connectivity index (χ4v) is 6.51. The Bertz CT molecular complexity index is 2020. The predicted molar refractivity (Wildman–Crippen MR) is 181 cm³/mol. The molecule has 4 heterocycles. The lowest BCUT2D eigenvalue weighted by Crippen LogP contribution is -2.36. The number of fused-ring (bicyclic) bond motifs is 3. The number of benzene rings is 3. The molecule has 0 bridgehead atoms. The first-order valence-electron chi connectivity index (χ1n) is 15.3. The Morgan fingerprint density at radius 3 is 2.54 bits per heavy atom. The van der Waals surface area contributed by atoms with E-state index >= 15 is 0 Å². The molecule has 7 rings (SSSR count). The molecule has 2 aliphatic rings. The summed E-state index contributed by atoms with van der Waals surface area (Å²) in [6, 6.07) is 21.8. The van der Waals surface area contributed by atoms with E-state index in [1.807, 2.05) is 65.4 Å². The van der Waals surface area contributed by atoms with Gasteiger partial charge in [-0.05, 0) is 65.7 Å². The number of hydrogen-bond acceptors (Lipinski definition) is 8. The number of hydrogen-bond donors (Lipinski definition) is 2. The summed E-state index contributed by atoms with van der Waals surface area (Å²) in [6.45, 7) is 4.14. The van der Waals surface area contributed by atoms with Crippen molar-refractivity contribution in [2.45, 2.75) is 13.0 Å². The first-order chi connectivity index (χ1) is 22.3. The lowest BCUT2D eigenvalue weighted by molar-refractivity contribution is 0.102. The largest absolute Gasteiger partial charge is 0.493 e. The monoisotopic (exact) mass is 637 g/mol. The molecule has 0 saturated carbocycles. The highest BCUT2D eigenvalue weighted by atomic mass is 32.2. The topological polar surface area (TPSA) is 115 Å². The number of pyridine rings is 1. The minimum atomic E-state index is -3.13. The highest BCUT2D eigenvalue weighted by Gasteiger charge is 2.21. The molecule has 0 radical (unpaired) electrons. The van der Waals surface area contributed by atoms with Crippen molar-refractivity contribution in [2.75, 3.05) is 60.5 Å². The number of carbonyl (C=O) groups excluding carboxylic acids is 1. The van der Waals surface area contributed by atoms with Crippen molar-refractivity contribution in [3.05, 3.63) is 96.4 Å². The fourth-order valence-electron chi connectivity index (χ4n) is 5.99. The molecule has 1 amide bonds. The minimum absolute atomic E-state index is 0.0321. The molecule has 236 valence electrons. The number of amides is 1. The number of morpholine rings is 1. The first kappa shape index (κ1) is 29.8. The molecule has 2 aliphatic heterocycles. The van der Waals surface area contributed by atoms with Gasteiger partial charge in [0.1, 0.15) is 15.6 Å². The van der Waals surface area contributed by atoms with Crippen LogP contribution < -0.4 is 20.3 Å². The second-order valence-corrected chi connectivity index (χ2v) is 13.9. The summed E-state index contributed by atoms with van der Waals surface area (Å²) in [5.74, 6) is 0.661. The molecule has 1 fully saturated rings. The quantitative estimate of drug-likeness (QED) is 0.217. The van der Waals surface area contributed by atoms with Crippen molar-refractivity contribution in [2.24, 2.45) is 0 Å². The summed E-state index contributed by atoms with van der Waals surface area (Å²) in [4.78, 5) is 19.9. The summed E-state index contributed by atoms with van der Waals surface area (Å²) >= 11 is 0. The number of nitrogens with one attached hydrogen (secondary N) is 2. The SMILES string of the molecule is CS(=O)(=O)CCn1cc(-c2ccc3c(c2)Nc2ccc(CCOc4ccc(N5CCOCC5)cc4)cc2NC3=O)c2ccncc21. The van der Waals surface area contributed by atoms with Crippen LogP contribution in [0, 0.1) is 0 Å². The zero-order valence-corrected chi connectivity index (χ0v) is 26.3. The molecule has 2 aromatic heterocycles. The van der Waals surface area contributed by atoms with Gasteiger partial charge in [-0.25, -0.2) is 8.42 Å². The molecule has 0 aliphatic carbocycles. The molecule has 0 atom stereocenters. The first-order valence-corrected chi connectivity index (χ1v) is 17.4. The maximum absolute atomic E-state index is 13.3. The second kappa shape index (κ2) is 12.5. The molecule has 5 aromatic rings. The van der Waals surface area contributed by atoms with Gasteiger partial charge in [-0.3, -0.25) is 9.78 Å². The third-order valence-corrected chi connectivity index (χ3v) is 9.36. The van der Waals surface area contributed by atoms with Crippen molar-refractivity contribution in [3.8, 4) is 16.9 Å². The van der Waals surface area contributed by atoms with Crippen molar-refractivity contribution >= 4 is 49.4 Å². The zero-order chi connectivity index (χ0) is 31.7. The lowest BCUT2D eigenvalue weighted by Gasteiger charge is -2.28. The molecule has 10 nitrogen and oxygen atoms in total. The number of anilines is 4. The Morgan fingerprint density at radius 1 is 0.913 bits per heavy atom. The molecular formula is C35H35N5O5S. The number of aryl methyl sites for hydroxylation is 1. The summed E-state index contributed by atoms with van der Waals surface area (Å²) in [6.07, 6.45) is 7.35. The van der Waals surface area contributed by atoms with Crippen molar-refractivity contribution in [1.29, 1.82) is 0 Å². The van der Waals surface area contributed by atoms with Gasteiger partial charge in [0.25, 0.3) is 5.91 Å². The van der Waals surface area contributed by atoms with E-state index in [-0.39, 0.29) is 11.7 Å². The zero-order valence-electron chi connectivity index (χ0n) is 25.5. The van der Waals surface area contributed by atoms with E-state index in [0.29, 0.717) is 36.5 Å². The van der Waals surface area contributed by atoms with Gasteiger partial charge in [-0.15, -0.1) is 0 Å². The van der Waals surface area contributed by atoms with E-state index in [2.05, 4.69) is 32.7 Å². The van der Waals surface area contributed by atoms with Gasteiger partial charge in [-0.1, -0.05) is 12.1 Å². The van der Waals surface area contributed by atoms with Crippen molar-refractivity contribution < 1.29 is 22.7 Å². The van der Waals surface area contributed by atoms with Crippen molar-refractivity contribution in [3.63, 3.8) is 0 Å². The van der Waals surface area contributed by atoms with Crippen LogP contribution >= 0.6 is 0 Å². The number of nitrogens with zero attached hydrogens (tertiary/aromatic N) is 3. The number of carbonyl (C=O) groups is 1. The third kappa shape index (κ3) is 6.42. The Morgan fingerprint density at radius 2 is 1.74 bits per heavy atom. The summed E-state index contributed by atoms with van der Waals surface area (Å²) < 4.78 is 37.1. The highest BCUT2D eigenvalue weighted by molar-refractivity contribution is 7.90. The van der Waals surface area contributed by atoms with E-state index < -0.39 is 9.84 Å². The average Bonchev–Trinajstić information content (AvgIpc) is 3.37. The normalized spacial score (nSPS) is 14.6. The van der Waals surface area contributed by atoms with E-state index in [1.54, 1.807) is 12.4 Å². The standard InChI is InChI=1S/C35H35N5O5S/c1-46(42,43)19-15-40-23-30(28-10-12-36-22-34(28)40)25-3-8-29-32(21-25)37-31-9-2-24(20-33(31)38-35(29)41)11-16-45-27-6-4-26(5-7-27)39-13-17-44-18-14-39/h2-10,12,20-23,37H,11,13-19H2,1H3,(H,38,41). The Hall–Kier alpha value is -4.87. The number of ether oxygens (including phenoxy) is 2. The van der Waals surface area contributed by atoms with Gasteiger partial charge >= 0.3 is 0 Å². The number of aromatic nitrogens is 2. The highest BCUT2D eigenvalue weighted by Crippen LogP contribution is 2.37. The Labute approximate surface area is 267 Å². The van der Waals surface area contributed by atoms with E-state index in [1.165, 1.54) is 11.9 Å². The van der Waals surface area contributed by atoms with Gasteiger partial charge in [0, 0.05) is 61.3 Å². The Balaban J connectivity index is 1.06. The van der Waals surface area contributed by atoms with Gasteiger partial charge in [0.05, 0.1) is 59.9 Å². The Kier molecular flexibility index (Phi) is 8.10. The van der Waals surface area contributed by atoms with E-state index in [4.69, 9.17) is 9.47 Å². The molecule has 11 heteroatoms. The summed E-state index contributed by atoms with van der Waals surface area (Å²) in [7, 11) is -3.13. The van der Waals surface area contributed by atoms with Gasteiger partial charge in [0.2, 0.25) is 0 Å². The molecule has 0 spiro atoms.